The SMILES string of the molecule is O=C(COc1ccc(Cl)cc1Cl)Nc1cccc(CO)c1. The van der Waals surface area contributed by atoms with Crippen LogP contribution in [0.1, 0.15) is 5.56 Å². The number of ether oxygens (including phenoxy) is 1. The van der Waals surface area contributed by atoms with E-state index in [0.29, 0.717) is 21.5 Å². The molecule has 0 unspecified atom stereocenters. The first-order valence-electron chi connectivity index (χ1n) is 6.16. The maximum Gasteiger partial charge on any atom is 0.262 e. The van der Waals surface area contributed by atoms with Gasteiger partial charge in [-0.05, 0) is 35.9 Å². The van der Waals surface area contributed by atoms with Gasteiger partial charge in [-0.15, -0.1) is 0 Å². The van der Waals surface area contributed by atoms with Crippen molar-refractivity contribution < 1.29 is 14.6 Å². The van der Waals surface area contributed by atoms with Gasteiger partial charge < -0.3 is 15.2 Å². The van der Waals surface area contributed by atoms with E-state index in [1.54, 1.807) is 42.5 Å². The Kier molecular flexibility index (Phi) is 5.44. The third kappa shape index (κ3) is 4.63. The summed E-state index contributed by atoms with van der Waals surface area (Å²) in [7, 11) is 0. The second-order valence-corrected chi connectivity index (χ2v) is 5.11. The average Bonchev–Trinajstić information content (AvgIpc) is 2.46. The molecule has 2 rings (SSSR count). The highest BCUT2D eigenvalue weighted by atomic mass is 35.5. The summed E-state index contributed by atoms with van der Waals surface area (Å²) in [5.74, 6) is 0.0661. The van der Waals surface area contributed by atoms with E-state index in [-0.39, 0.29) is 19.1 Å². The Hall–Kier alpha value is -1.75. The predicted molar refractivity (Wildman–Crippen MR) is 83.0 cm³/mol. The zero-order valence-electron chi connectivity index (χ0n) is 11.0. The van der Waals surface area contributed by atoms with Crippen LogP contribution in [-0.4, -0.2) is 17.6 Å². The zero-order chi connectivity index (χ0) is 15.2. The molecule has 0 heterocycles. The Bertz CT molecular complexity index is 647. The van der Waals surface area contributed by atoms with Gasteiger partial charge >= 0.3 is 0 Å². The molecule has 0 aromatic heterocycles. The summed E-state index contributed by atoms with van der Waals surface area (Å²) in [4.78, 5) is 11.8. The molecule has 0 atom stereocenters. The first-order valence-corrected chi connectivity index (χ1v) is 6.91. The van der Waals surface area contributed by atoms with E-state index >= 15 is 0 Å². The monoisotopic (exact) mass is 325 g/mol. The predicted octanol–water partition coefficient (Wildman–Crippen LogP) is 3.50. The Morgan fingerprint density at radius 1 is 1.19 bits per heavy atom. The Morgan fingerprint density at radius 3 is 2.71 bits per heavy atom. The van der Waals surface area contributed by atoms with Crippen LogP contribution in [0.4, 0.5) is 5.69 Å². The molecule has 1 amide bonds. The van der Waals surface area contributed by atoms with Crippen LogP contribution in [0.25, 0.3) is 0 Å². The molecule has 110 valence electrons. The molecule has 0 saturated heterocycles. The molecule has 0 aliphatic rings. The van der Waals surface area contributed by atoms with Crippen LogP contribution in [0.15, 0.2) is 42.5 Å². The number of hydrogen-bond acceptors (Lipinski definition) is 3. The van der Waals surface area contributed by atoms with Gasteiger partial charge in [-0.3, -0.25) is 4.79 Å². The molecule has 2 N–H and O–H groups in total. The van der Waals surface area contributed by atoms with E-state index in [0.717, 1.165) is 5.56 Å². The summed E-state index contributed by atoms with van der Waals surface area (Å²) in [5, 5.41) is 12.6. The second-order valence-electron chi connectivity index (χ2n) is 4.27. The number of aliphatic hydroxyl groups excluding tert-OH is 1. The van der Waals surface area contributed by atoms with E-state index in [4.69, 9.17) is 33.0 Å². The van der Waals surface area contributed by atoms with E-state index < -0.39 is 0 Å². The zero-order valence-corrected chi connectivity index (χ0v) is 12.5. The van der Waals surface area contributed by atoms with E-state index in [9.17, 15) is 4.79 Å². The van der Waals surface area contributed by atoms with Crippen molar-refractivity contribution in [2.24, 2.45) is 0 Å². The van der Waals surface area contributed by atoms with Crippen molar-refractivity contribution in [3.05, 3.63) is 58.1 Å². The molecule has 0 fully saturated rings. The number of carbonyl (C=O) groups excluding carboxylic acids is 1. The Balaban J connectivity index is 1.92. The number of nitrogens with one attached hydrogen (secondary N) is 1. The van der Waals surface area contributed by atoms with Crippen LogP contribution >= 0.6 is 23.2 Å². The first-order chi connectivity index (χ1) is 10.1. The van der Waals surface area contributed by atoms with E-state index in [1.165, 1.54) is 0 Å². The fourth-order valence-electron chi connectivity index (χ4n) is 1.68. The number of hydrogen-bond donors (Lipinski definition) is 2. The normalized spacial score (nSPS) is 10.2. The van der Waals surface area contributed by atoms with Gasteiger partial charge in [-0.2, -0.15) is 0 Å². The molecular formula is C15H13Cl2NO3. The summed E-state index contributed by atoms with van der Waals surface area (Å²) in [5.41, 5.74) is 1.31. The molecule has 2 aromatic carbocycles. The molecule has 0 aliphatic carbocycles. The lowest BCUT2D eigenvalue weighted by Gasteiger charge is -2.09. The van der Waals surface area contributed by atoms with Crippen molar-refractivity contribution in [3.63, 3.8) is 0 Å². The number of rotatable bonds is 5. The van der Waals surface area contributed by atoms with Crippen LogP contribution in [0, 0.1) is 0 Å². The van der Waals surface area contributed by atoms with Crippen molar-refractivity contribution in [3.8, 4) is 5.75 Å². The Labute approximate surface area is 132 Å². The number of anilines is 1. The molecule has 0 radical (unpaired) electrons. The number of carbonyl (C=O) groups is 1. The van der Waals surface area contributed by atoms with Gasteiger partial charge in [0.2, 0.25) is 0 Å². The number of aliphatic hydroxyl groups is 1. The topological polar surface area (TPSA) is 58.6 Å². The molecule has 0 aliphatic heterocycles. The molecule has 0 saturated carbocycles. The largest absolute Gasteiger partial charge is 0.482 e. The van der Waals surface area contributed by atoms with Gasteiger partial charge in [0.25, 0.3) is 5.91 Å². The minimum Gasteiger partial charge on any atom is -0.482 e. The van der Waals surface area contributed by atoms with Gasteiger partial charge in [0.15, 0.2) is 6.61 Å². The summed E-state index contributed by atoms with van der Waals surface area (Å²) in [6, 6.07) is 11.7. The van der Waals surface area contributed by atoms with Gasteiger partial charge in [0.05, 0.1) is 11.6 Å². The number of halogens is 2. The lowest BCUT2D eigenvalue weighted by atomic mass is 10.2. The molecule has 0 bridgehead atoms. The minimum absolute atomic E-state index is 0.0827. The first kappa shape index (κ1) is 15.6. The number of amides is 1. The lowest BCUT2D eigenvalue weighted by Crippen LogP contribution is -2.20. The lowest BCUT2D eigenvalue weighted by molar-refractivity contribution is -0.118. The standard InChI is InChI=1S/C15H13Cl2NO3/c16-11-4-5-14(13(17)7-11)21-9-15(20)18-12-3-1-2-10(6-12)8-19/h1-7,19H,8-9H2,(H,18,20). The second kappa shape index (κ2) is 7.31. The van der Waals surface area contributed by atoms with Crippen molar-refractivity contribution in [2.75, 3.05) is 11.9 Å². The third-order valence-electron chi connectivity index (χ3n) is 2.65. The van der Waals surface area contributed by atoms with Crippen LogP contribution in [-0.2, 0) is 11.4 Å². The van der Waals surface area contributed by atoms with Crippen LogP contribution in [0.3, 0.4) is 0 Å². The summed E-state index contributed by atoms with van der Waals surface area (Å²) >= 11 is 11.7. The van der Waals surface area contributed by atoms with Gasteiger partial charge in [-0.1, -0.05) is 35.3 Å². The fourth-order valence-corrected chi connectivity index (χ4v) is 2.14. The third-order valence-corrected chi connectivity index (χ3v) is 3.18. The van der Waals surface area contributed by atoms with Crippen molar-refractivity contribution >= 4 is 34.8 Å². The highest BCUT2D eigenvalue weighted by Crippen LogP contribution is 2.27. The van der Waals surface area contributed by atoms with Gasteiger partial charge in [0.1, 0.15) is 5.75 Å². The molecule has 6 heteroatoms. The molecular weight excluding hydrogens is 313 g/mol. The summed E-state index contributed by atoms with van der Waals surface area (Å²) < 4.78 is 5.33. The molecule has 21 heavy (non-hydrogen) atoms. The Morgan fingerprint density at radius 2 is 2.00 bits per heavy atom. The van der Waals surface area contributed by atoms with E-state index in [1.807, 2.05) is 0 Å². The quantitative estimate of drug-likeness (QED) is 0.884. The average molecular weight is 326 g/mol. The van der Waals surface area contributed by atoms with E-state index in [2.05, 4.69) is 5.32 Å². The maximum absolute atomic E-state index is 11.8. The summed E-state index contributed by atoms with van der Waals surface area (Å²) in [6.07, 6.45) is 0. The maximum atomic E-state index is 11.8. The van der Waals surface area contributed by atoms with Crippen molar-refractivity contribution in [2.45, 2.75) is 6.61 Å². The molecule has 2 aromatic rings. The highest BCUT2D eigenvalue weighted by Gasteiger charge is 2.07. The minimum atomic E-state index is -0.323. The van der Waals surface area contributed by atoms with Crippen molar-refractivity contribution in [1.29, 1.82) is 0 Å². The van der Waals surface area contributed by atoms with Crippen LogP contribution < -0.4 is 10.1 Å². The highest BCUT2D eigenvalue weighted by molar-refractivity contribution is 6.35. The fraction of sp³-hybridized carbons (Fsp3) is 0.133. The molecule has 0 spiro atoms. The van der Waals surface area contributed by atoms with Gasteiger partial charge in [0, 0.05) is 10.7 Å². The molecule has 4 nitrogen and oxygen atoms in total. The smallest absolute Gasteiger partial charge is 0.262 e. The van der Waals surface area contributed by atoms with Gasteiger partial charge in [-0.25, -0.2) is 0 Å². The van der Waals surface area contributed by atoms with Crippen molar-refractivity contribution in [1.82, 2.24) is 0 Å². The van der Waals surface area contributed by atoms with Crippen LogP contribution in [0.2, 0.25) is 10.0 Å². The number of benzene rings is 2. The summed E-state index contributed by atoms with van der Waals surface area (Å²) in [6.45, 7) is -0.259. The van der Waals surface area contributed by atoms with Crippen LogP contribution in [0.5, 0.6) is 5.75 Å².